The summed E-state index contributed by atoms with van der Waals surface area (Å²) in [5.41, 5.74) is 3.53. The second kappa shape index (κ2) is 10.3. The first-order valence-corrected chi connectivity index (χ1v) is 11.4. The highest BCUT2D eigenvalue weighted by molar-refractivity contribution is 6.04. The Morgan fingerprint density at radius 2 is 1.97 bits per heavy atom. The number of hydrogen-bond donors (Lipinski definition) is 1. The Hall–Kier alpha value is -3.93. The van der Waals surface area contributed by atoms with Crippen LogP contribution in [0.15, 0.2) is 78.1 Å². The quantitative estimate of drug-likeness (QED) is 0.481. The molecule has 0 aliphatic carbocycles. The van der Waals surface area contributed by atoms with E-state index in [0.717, 1.165) is 36.2 Å². The molecule has 2 aromatic heterocycles. The normalized spacial score (nSPS) is 17.8. The van der Waals surface area contributed by atoms with E-state index in [9.17, 15) is 9.59 Å². The maximum Gasteiger partial charge on any atom is 0.260 e. The molecule has 6 heteroatoms. The monoisotopic (exact) mass is 455 g/mol. The molecule has 2 amide bonds. The van der Waals surface area contributed by atoms with Gasteiger partial charge in [-0.15, -0.1) is 0 Å². The number of carbonyl (C=O) groups excluding carboxylic acids is 2. The van der Waals surface area contributed by atoms with Crippen LogP contribution < -0.4 is 5.32 Å². The maximum atomic E-state index is 12.8. The van der Waals surface area contributed by atoms with E-state index < -0.39 is 0 Å². The standard InChI is InChI=1S/C28H29N3O3/c1-19(23-7-5-4-6-8-23)15-24-18-31(17-20(24)2)27(32)12-10-22-9-11-26(29-16-22)30-28(33)25-13-14-34-21(25)3/h4-14,16,20,24H,1,15,17-18H2,2-3H3,(H,29,30,33)/b12-10+. The average molecular weight is 456 g/mol. The van der Waals surface area contributed by atoms with Crippen LogP contribution in [0.5, 0.6) is 0 Å². The number of nitrogens with one attached hydrogen (secondary N) is 1. The van der Waals surface area contributed by atoms with Crippen molar-refractivity contribution in [2.24, 2.45) is 11.8 Å². The molecule has 0 bridgehead atoms. The Morgan fingerprint density at radius 1 is 1.18 bits per heavy atom. The molecule has 0 radical (unpaired) electrons. The van der Waals surface area contributed by atoms with Crippen molar-refractivity contribution < 1.29 is 14.0 Å². The lowest BCUT2D eigenvalue weighted by atomic mass is 9.89. The molecule has 0 saturated carbocycles. The number of likely N-dealkylation sites (tertiary alicyclic amines) is 1. The number of rotatable bonds is 7. The average Bonchev–Trinajstić information content (AvgIpc) is 3.44. The van der Waals surface area contributed by atoms with Crippen LogP contribution in [-0.4, -0.2) is 34.8 Å². The van der Waals surface area contributed by atoms with Gasteiger partial charge in [0.1, 0.15) is 11.6 Å². The number of allylic oxidation sites excluding steroid dienone is 1. The Kier molecular flexibility index (Phi) is 7.07. The van der Waals surface area contributed by atoms with E-state index in [4.69, 9.17) is 4.42 Å². The molecule has 3 aromatic rings. The van der Waals surface area contributed by atoms with E-state index in [-0.39, 0.29) is 11.8 Å². The summed E-state index contributed by atoms with van der Waals surface area (Å²) in [4.78, 5) is 31.2. The van der Waals surface area contributed by atoms with Crippen molar-refractivity contribution in [1.29, 1.82) is 0 Å². The Labute approximate surface area is 200 Å². The van der Waals surface area contributed by atoms with Gasteiger partial charge in [0.05, 0.1) is 11.8 Å². The lowest BCUT2D eigenvalue weighted by molar-refractivity contribution is -0.125. The number of benzene rings is 1. The Bertz CT molecular complexity index is 1200. The topological polar surface area (TPSA) is 75.4 Å². The van der Waals surface area contributed by atoms with Crippen LogP contribution in [0.4, 0.5) is 5.82 Å². The third kappa shape index (κ3) is 5.52. The molecule has 0 spiro atoms. The summed E-state index contributed by atoms with van der Waals surface area (Å²) in [6.45, 7) is 9.66. The highest BCUT2D eigenvalue weighted by Crippen LogP contribution is 2.31. The van der Waals surface area contributed by atoms with Gasteiger partial charge in [-0.25, -0.2) is 4.98 Å². The van der Waals surface area contributed by atoms with E-state index in [2.05, 4.69) is 35.9 Å². The highest BCUT2D eigenvalue weighted by Gasteiger charge is 2.31. The smallest absolute Gasteiger partial charge is 0.260 e. The molecule has 34 heavy (non-hydrogen) atoms. The third-order valence-corrected chi connectivity index (χ3v) is 6.32. The zero-order valence-electron chi connectivity index (χ0n) is 19.5. The van der Waals surface area contributed by atoms with E-state index in [1.54, 1.807) is 37.4 Å². The molecule has 1 fully saturated rings. The first-order valence-electron chi connectivity index (χ1n) is 11.4. The zero-order chi connectivity index (χ0) is 24.1. The fourth-order valence-electron chi connectivity index (χ4n) is 4.24. The minimum Gasteiger partial charge on any atom is -0.469 e. The summed E-state index contributed by atoms with van der Waals surface area (Å²) in [7, 11) is 0. The number of aryl methyl sites for hydroxylation is 1. The minimum absolute atomic E-state index is 0.00696. The molecule has 1 saturated heterocycles. The zero-order valence-corrected chi connectivity index (χ0v) is 19.5. The largest absolute Gasteiger partial charge is 0.469 e. The van der Waals surface area contributed by atoms with Crippen molar-refractivity contribution in [2.45, 2.75) is 20.3 Å². The molecule has 2 atom stereocenters. The van der Waals surface area contributed by atoms with Crippen molar-refractivity contribution in [2.75, 3.05) is 18.4 Å². The van der Waals surface area contributed by atoms with Crippen LogP contribution in [0.2, 0.25) is 0 Å². The molecule has 174 valence electrons. The van der Waals surface area contributed by atoms with Gasteiger partial charge in [-0.1, -0.05) is 43.8 Å². The van der Waals surface area contributed by atoms with Crippen LogP contribution >= 0.6 is 0 Å². The fraction of sp³-hybridized carbons (Fsp3) is 0.250. The summed E-state index contributed by atoms with van der Waals surface area (Å²) in [6, 6.07) is 15.4. The first kappa shape index (κ1) is 23.2. The molecule has 2 unspecified atom stereocenters. The number of furan rings is 1. The molecule has 1 aliphatic rings. The van der Waals surface area contributed by atoms with Gasteiger partial charge in [0.15, 0.2) is 0 Å². The molecular weight excluding hydrogens is 426 g/mol. The molecule has 1 aromatic carbocycles. The first-order chi connectivity index (χ1) is 16.4. The molecule has 1 aliphatic heterocycles. The lowest BCUT2D eigenvalue weighted by Gasteiger charge is -2.16. The summed E-state index contributed by atoms with van der Waals surface area (Å²) in [5, 5.41) is 2.74. The van der Waals surface area contributed by atoms with Crippen LogP contribution in [0.3, 0.4) is 0 Å². The number of hydrogen-bond acceptors (Lipinski definition) is 4. The predicted octanol–water partition coefficient (Wildman–Crippen LogP) is 5.45. The van der Waals surface area contributed by atoms with Crippen molar-refractivity contribution in [3.8, 4) is 0 Å². The van der Waals surface area contributed by atoms with Gasteiger partial charge < -0.3 is 14.6 Å². The molecule has 1 N–H and O–H groups in total. The van der Waals surface area contributed by atoms with Crippen molar-refractivity contribution >= 4 is 29.3 Å². The number of amides is 2. The molecule has 3 heterocycles. The van der Waals surface area contributed by atoms with Crippen LogP contribution in [-0.2, 0) is 4.79 Å². The number of pyridine rings is 1. The van der Waals surface area contributed by atoms with Gasteiger partial charge in [0.25, 0.3) is 5.91 Å². The van der Waals surface area contributed by atoms with Gasteiger partial charge >= 0.3 is 0 Å². The van der Waals surface area contributed by atoms with E-state index in [1.807, 2.05) is 29.2 Å². The fourth-order valence-corrected chi connectivity index (χ4v) is 4.24. The van der Waals surface area contributed by atoms with Crippen LogP contribution in [0.25, 0.3) is 11.6 Å². The second-order valence-electron chi connectivity index (χ2n) is 8.81. The molecular formula is C28H29N3O3. The minimum atomic E-state index is -0.273. The molecule has 4 rings (SSSR count). The van der Waals surface area contributed by atoms with Gasteiger partial charge in [0, 0.05) is 25.4 Å². The van der Waals surface area contributed by atoms with Crippen molar-refractivity contribution in [3.63, 3.8) is 0 Å². The number of nitrogens with zero attached hydrogens (tertiary/aromatic N) is 2. The Morgan fingerprint density at radius 3 is 2.65 bits per heavy atom. The Balaban J connectivity index is 1.30. The van der Waals surface area contributed by atoms with Gasteiger partial charge in [-0.2, -0.15) is 0 Å². The van der Waals surface area contributed by atoms with Gasteiger partial charge in [-0.05, 0) is 66.2 Å². The predicted molar refractivity (Wildman–Crippen MR) is 134 cm³/mol. The summed E-state index contributed by atoms with van der Waals surface area (Å²) < 4.78 is 5.16. The third-order valence-electron chi connectivity index (χ3n) is 6.32. The van der Waals surface area contributed by atoms with E-state index >= 15 is 0 Å². The maximum absolute atomic E-state index is 12.8. The summed E-state index contributed by atoms with van der Waals surface area (Å²) in [5.74, 6) is 1.52. The lowest BCUT2D eigenvalue weighted by Crippen LogP contribution is -2.27. The SMILES string of the molecule is C=C(CC1CN(C(=O)/C=C/c2ccc(NC(=O)c3ccoc3C)nc2)CC1C)c1ccccc1. The summed E-state index contributed by atoms with van der Waals surface area (Å²) >= 11 is 0. The van der Waals surface area contributed by atoms with Crippen molar-refractivity contribution in [3.05, 3.63) is 96.1 Å². The second-order valence-corrected chi connectivity index (χ2v) is 8.81. The van der Waals surface area contributed by atoms with Gasteiger partial charge in [-0.3, -0.25) is 9.59 Å². The molecule has 6 nitrogen and oxygen atoms in total. The van der Waals surface area contributed by atoms with Crippen molar-refractivity contribution in [1.82, 2.24) is 9.88 Å². The van der Waals surface area contributed by atoms with Crippen LogP contribution in [0, 0.1) is 18.8 Å². The number of aromatic nitrogens is 1. The number of carbonyl (C=O) groups is 2. The van der Waals surface area contributed by atoms with Crippen LogP contribution in [0.1, 0.15) is 40.6 Å². The van der Waals surface area contributed by atoms with E-state index in [0.29, 0.717) is 29.0 Å². The summed E-state index contributed by atoms with van der Waals surface area (Å²) in [6.07, 6.45) is 7.33. The highest BCUT2D eigenvalue weighted by atomic mass is 16.3. The van der Waals surface area contributed by atoms with E-state index in [1.165, 1.54) is 6.26 Å². The number of anilines is 1. The van der Waals surface area contributed by atoms with Gasteiger partial charge in [0.2, 0.25) is 5.91 Å².